The molecule has 24 heavy (non-hydrogen) atoms. The Hall–Kier alpha value is -1.93. The molecule has 1 heterocycles. The molecule has 7 nitrogen and oxygen atoms in total. The van der Waals surface area contributed by atoms with E-state index in [1.165, 1.54) is 4.90 Å². The van der Waals surface area contributed by atoms with Crippen LogP contribution in [0.5, 0.6) is 0 Å². The van der Waals surface area contributed by atoms with Gasteiger partial charge in [0.15, 0.2) is 15.9 Å². The first-order valence-corrected chi connectivity index (χ1v) is 9.56. The second-order valence-corrected chi connectivity index (χ2v) is 7.90. The van der Waals surface area contributed by atoms with Gasteiger partial charge in [0, 0.05) is 6.54 Å². The zero-order valence-corrected chi connectivity index (χ0v) is 14.1. The van der Waals surface area contributed by atoms with Gasteiger partial charge in [-0.15, -0.1) is 0 Å². The van der Waals surface area contributed by atoms with E-state index in [9.17, 15) is 18.0 Å². The second-order valence-electron chi connectivity index (χ2n) is 5.72. The highest BCUT2D eigenvalue weighted by atomic mass is 32.2. The molecule has 0 aliphatic carbocycles. The predicted molar refractivity (Wildman–Crippen MR) is 87.4 cm³/mol. The van der Waals surface area contributed by atoms with E-state index >= 15 is 0 Å². The van der Waals surface area contributed by atoms with Crippen molar-refractivity contribution >= 4 is 21.7 Å². The van der Waals surface area contributed by atoms with E-state index in [0.29, 0.717) is 12.8 Å². The Morgan fingerprint density at radius 2 is 1.96 bits per heavy atom. The maximum Gasteiger partial charge on any atom is 0.334 e. The molecule has 1 aliphatic rings. The van der Waals surface area contributed by atoms with Crippen LogP contribution in [0, 0.1) is 0 Å². The Balaban J connectivity index is 1.82. The molecule has 0 saturated carbocycles. The van der Waals surface area contributed by atoms with Gasteiger partial charge in [-0.25, -0.2) is 13.2 Å². The van der Waals surface area contributed by atoms with Crippen molar-refractivity contribution in [2.24, 2.45) is 0 Å². The fraction of sp³-hybridized carbons (Fsp3) is 0.500. The van der Waals surface area contributed by atoms with Crippen LogP contribution in [0.25, 0.3) is 0 Å². The molecular weight excluding hydrogens is 334 g/mol. The summed E-state index contributed by atoms with van der Waals surface area (Å²) in [4.78, 5) is 24.3. The van der Waals surface area contributed by atoms with E-state index < -0.39 is 33.6 Å². The number of nitrogens with zero attached hydrogens (tertiary/aromatic N) is 1. The van der Waals surface area contributed by atoms with Gasteiger partial charge in [-0.3, -0.25) is 4.79 Å². The molecule has 132 valence electrons. The van der Waals surface area contributed by atoms with Gasteiger partial charge in [0.25, 0.3) is 0 Å². The number of carbonyl (C=O) groups excluding carboxylic acids is 1. The van der Waals surface area contributed by atoms with E-state index in [0.717, 1.165) is 5.56 Å². The molecule has 2 rings (SSSR count). The molecule has 1 aromatic rings. The summed E-state index contributed by atoms with van der Waals surface area (Å²) in [6.07, 6.45) is -0.0172. The minimum Gasteiger partial charge on any atom is -0.479 e. The Morgan fingerprint density at radius 3 is 2.62 bits per heavy atom. The van der Waals surface area contributed by atoms with Gasteiger partial charge in [0.1, 0.15) is 5.75 Å². The quantitative estimate of drug-likeness (QED) is 0.757. The largest absolute Gasteiger partial charge is 0.479 e. The smallest absolute Gasteiger partial charge is 0.334 e. The van der Waals surface area contributed by atoms with Crippen molar-refractivity contribution < 1.29 is 27.9 Å². The third-order valence-corrected chi connectivity index (χ3v) is 5.40. The molecule has 1 aliphatic heterocycles. The van der Waals surface area contributed by atoms with E-state index in [1.54, 1.807) is 0 Å². The highest BCUT2D eigenvalue weighted by molar-refractivity contribution is 7.92. The zero-order valence-electron chi connectivity index (χ0n) is 13.3. The summed E-state index contributed by atoms with van der Waals surface area (Å²) in [6.45, 7) is 0.187. The fourth-order valence-electron chi connectivity index (χ4n) is 2.52. The fourth-order valence-corrected chi connectivity index (χ4v) is 3.81. The average molecular weight is 355 g/mol. The van der Waals surface area contributed by atoms with Crippen LogP contribution in [0.15, 0.2) is 30.3 Å². The standard InChI is InChI=1S/C16H21NO6S/c18-15(17-8-9-23-14(11-17)16(19)20)12-24(21,22)10-4-7-13-5-2-1-3-6-13/h1-3,5-6,14H,4,7-12H2,(H,19,20). The van der Waals surface area contributed by atoms with Crippen molar-refractivity contribution in [1.82, 2.24) is 4.90 Å². The van der Waals surface area contributed by atoms with Crippen LogP contribution in [0.1, 0.15) is 12.0 Å². The number of aliphatic carboxylic acids is 1. The first-order chi connectivity index (χ1) is 11.4. The normalized spacial score (nSPS) is 18.3. The number of carboxylic acid groups (broad SMARTS) is 1. The summed E-state index contributed by atoms with van der Waals surface area (Å²) in [6, 6.07) is 9.54. The van der Waals surface area contributed by atoms with Crippen molar-refractivity contribution in [1.29, 1.82) is 0 Å². The van der Waals surface area contributed by atoms with E-state index in [2.05, 4.69) is 0 Å². The number of ether oxygens (including phenoxy) is 1. The lowest BCUT2D eigenvalue weighted by Crippen LogP contribution is -2.50. The van der Waals surface area contributed by atoms with Crippen LogP contribution < -0.4 is 0 Å². The van der Waals surface area contributed by atoms with Gasteiger partial charge in [-0.1, -0.05) is 30.3 Å². The molecule has 1 amide bonds. The van der Waals surface area contributed by atoms with Crippen molar-refractivity contribution in [3.05, 3.63) is 35.9 Å². The Bertz CT molecular complexity index is 673. The van der Waals surface area contributed by atoms with Crippen molar-refractivity contribution in [3.63, 3.8) is 0 Å². The van der Waals surface area contributed by atoms with E-state index in [1.807, 2.05) is 30.3 Å². The molecule has 1 N–H and O–H groups in total. The van der Waals surface area contributed by atoms with Gasteiger partial charge in [-0.2, -0.15) is 0 Å². The molecule has 0 spiro atoms. The lowest BCUT2D eigenvalue weighted by atomic mass is 10.1. The number of aryl methyl sites for hydroxylation is 1. The minimum atomic E-state index is -3.52. The number of amides is 1. The van der Waals surface area contributed by atoms with Crippen molar-refractivity contribution in [2.45, 2.75) is 18.9 Å². The first-order valence-electron chi connectivity index (χ1n) is 7.74. The SMILES string of the molecule is O=C(O)C1CN(C(=O)CS(=O)(=O)CCCc2ccccc2)CCO1. The van der Waals surface area contributed by atoms with Crippen LogP contribution in [0.3, 0.4) is 0 Å². The summed E-state index contributed by atoms with van der Waals surface area (Å²) in [7, 11) is -3.52. The lowest BCUT2D eigenvalue weighted by molar-refractivity contribution is -0.158. The number of rotatable bonds is 7. The maximum absolute atomic E-state index is 12.1. The predicted octanol–water partition coefficient (Wildman–Crippen LogP) is 0.346. The number of carbonyl (C=O) groups is 2. The molecular formula is C16H21NO6S. The Labute approximate surface area is 141 Å². The summed E-state index contributed by atoms with van der Waals surface area (Å²) in [5, 5.41) is 8.91. The third kappa shape index (κ3) is 5.61. The van der Waals surface area contributed by atoms with Gasteiger partial charge in [0.2, 0.25) is 5.91 Å². The van der Waals surface area contributed by atoms with E-state index in [4.69, 9.17) is 9.84 Å². The summed E-state index contributed by atoms with van der Waals surface area (Å²) >= 11 is 0. The summed E-state index contributed by atoms with van der Waals surface area (Å²) in [5.41, 5.74) is 1.05. The molecule has 1 atom stereocenters. The maximum atomic E-state index is 12.1. The zero-order chi connectivity index (χ0) is 17.6. The monoisotopic (exact) mass is 355 g/mol. The van der Waals surface area contributed by atoms with Crippen LogP contribution in [0.4, 0.5) is 0 Å². The molecule has 1 aromatic carbocycles. The second kappa shape index (κ2) is 8.25. The first kappa shape index (κ1) is 18.4. The minimum absolute atomic E-state index is 0.0691. The summed E-state index contributed by atoms with van der Waals surface area (Å²) < 4.78 is 29.2. The molecule has 8 heteroatoms. The highest BCUT2D eigenvalue weighted by Gasteiger charge is 2.30. The number of hydrogen-bond acceptors (Lipinski definition) is 5. The van der Waals surface area contributed by atoms with Gasteiger partial charge < -0.3 is 14.7 Å². The van der Waals surface area contributed by atoms with Crippen molar-refractivity contribution in [3.8, 4) is 0 Å². The molecule has 1 unspecified atom stereocenters. The third-order valence-electron chi connectivity index (χ3n) is 3.80. The van der Waals surface area contributed by atoms with Gasteiger partial charge in [0.05, 0.1) is 18.9 Å². The highest BCUT2D eigenvalue weighted by Crippen LogP contribution is 2.09. The Kier molecular flexibility index (Phi) is 6.33. The van der Waals surface area contributed by atoms with Gasteiger partial charge in [-0.05, 0) is 18.4 Å². The molecule has 1 fully saturated rings. The molecule has 0 radical (unpaired) electrons. The van der Waals surface area contributed by atoms with Crippen molar-refractivity contribution in [2.75, 3.05) is 31.2 Å². The Morgan fingerprint density at radius 1 is 1.25 bits per heavy atom. The number of benzene rings is 1. The summed E-state index contributed by atoms with van der Waals surface area (Å²) in [5.74, 6) is -2.38. The van der Waals surface area contributed by atoms with Crippen LogP contribution in [-0.2, 0) is 30.6 Å². The van der Waals surface area contributed by atoms with Crippen LogP contribution >= 0.6 is 0 Å². The number of hydrogen-bond donors (Lipinski definition) is 1. The van der Waals surface area contributed by atoms with E-state index in [-0.39, 0.29) is 25.4 Å². The van der Waals surface area contributed by atoms with Gasteiger partial charge >= 0.3 is 5.97 Å². The lowest BCUT2D eigenvalue weighted by Gasteiger charge is -2.30. The molecule has 0 aromatic heterocycles. The topological polar surface area (TPSA) is 101 Å². The number of morpholine rings is 1. The number of carboxylic acids is 1. The van der Waals surface area contributed by atoms with Crippen LogP contribution in [0.2, 0.25) is 0 Å². The van der Waals surface area contributed by atoms with Crippen LogP contribution in [-0.4, -0.2) is 67.6 Å². The average Bonchev–Trinajstić information content (AvgIpc) is 2.55. The molecule has 1 saturated heterocycles. The number of sulfone groups is 1. The molecule has 0 bridgehead atoms.